The van der Waals surface area contributed by atoms with Crippen LogP contribution in [0.15, 0.2) is 24.4 Å². The van der Waals surface area contributed by atoms with Crippen LogP contribution in [0.4, 0.5) is 4.39 Å². The van der Waals surface area contributed by atoms with Gasteiger partial charge in [0.15, 0.2) is 0 Å². The summed E-state index contributed by atoms with van der Waals surface area (Å²) < 4.78 is 18.9. The zero-order chi connectivity index (χ0) is 15.1. The Labute approximate surface area is 140 Å². The fraction of sp³-hybridized carbons (Fsp3) is 0.471. The van der Waals surface area contributed by atoms with E-state index in [1.807, 2.05) is 0 Å². The van der Waals surface area contributed by atoms with E-state index in [9.17, 15) is 9.18 Å². The third kappa shape index (κ3) is 2.95. The fourth-order valence-corrected chi connectivity index (χ4v) is 3.90. The molecule has 0 amide bonds. The van der Waals surface area contributed by atoms with Gasteiger partial charge in [-0.25, -0.2) is 9.18 Å². The van der Waals surface area contributed by atoms with Gasteiger partial charge in [0.05, 0.1) is 12.2 Å². The van der Waals surface area contributed by atoms with E-state index in [2.05, 4.69) is 9.88 Å². The first-order valence-electron chi connectivity index (χ1n) is 7.90. The lowest BCUT2D eigenvalue weighted by Crippen LogP contribution is -2.28. The molecule has 124 valence electrons. The number of carbonyl (C=O) groups excluding carboxylic acids is 1. The maximum absolute atomic E-state index is 13.4. The summed E-state index contributed by atoms with van der Waals surface area (Å²) >= 11 is 0. The molecular weight excluding hydrogens is 319 g/mol. The van der Waals surface area contributed by atoms with E-state index < -0.39 is 0 Å². The monoisotopic (exact) mass is 338 g/mol. The Balaban J connectivity index is 0.00000156. The summed E-state index contributed by atoms with van der Waals surface area (Å²) in [7, 11) is 0. The van der Waals surface area contributed by atoms with Crippen molar-refractivity contribution in [1.29, 1.82) is 0 Å². The highest BCUT2D eigenvalue weighted by Gasteiger charge is 2.37. The van der Waals surface area contributed by atoms with Gasteiger partial charge in [-0.3, -0.25) is 4.90 Å². The number of carbonyl (C=O) groups is 1. The normalized spacial score (nSPS) is 23.7. The number of hydrogen-bond donors (Lipinski definition) is 1. The van der Waals surface area contributed by atoms with Gasteiger partial charge < -0.3 is 9.72 Å². The van der Waals surface area contributed by atoms with E-state index in [1.165, 1.54) is 31.5 Å². The first-order chi connectivity index (χ1) is 10.7. The van der Waals surface area contributed by atoms with Crippen LogP contribution in [-0.2, 0) is 4.74 Å². The Morgan fingerprint density at radius 1 is 1.35 bits per heavy atom. The van der Waals surface area contributed by atoms with Crippen molar-refractivity contribution in [3.8, 4) is 0 Å². The van der Waals surface area contributed by atoms with Crippen molar-refractivity contribution in [3.05, 3.63) is 35.8 Å². The van der Waals surface area contributed by atoms with E-state index >= 15 is 0 Å². The van der Waals surface area contributed by atoms with Crippen LogP contribution in [0.3, 0.4) is 0 Å². The molecule has 6 heteroatoms. The molecule has 2 saturated heterocycles. The molecule has 4 rings (SSSR count). The summed E-state index contributed by atoms with van der Waals surface area (Å²) in [5.41, 5.74) is 1.16. The number of esters is 1. The van der Waals surface area contributed by atoms with Crippen molar-refractivity contribution < 1.29 is 13.9 Å². The minimum Gasteiger partial charge on any atom is -0.462 e. The third-order valence-electron chi connectivity index (χ3n) is 5.04. The van der Waals surface area contributed by atoms with Crippen LogP contribution in [-0.4, -0.2) is 41.6 Å². The molecule has 1 aromatic carbocycles. The Hall–Kier alpha value is -1.59. The zero-order valence-electron chi connectivity index (χ0n) is 12.8. The number of nitrogens with zero attached hydrogens (tertiary/aromatic N) is 1. The number of halogens is 2. The fourth-order valence-electron chi connectivity index (χ4n) is 3.90. The van der Waals surface area contributed by atoms with Gasteiger partial charge in [-0.2, -0.15) is 0 Å². The number of fused-ring (bicyclic) bond motifs is 2. The highest BCUT2D eigenvalue weighted by molar-refractivity contribution is 6.04. The average molecular weight is 339 g/mol. The van der Waals surface area contributed by atoms with Gasteiger partial charge in [0.1, 0.15) is 5.82 Å². The van der Waals surface area contributed by atoms with Crippen molar-refractivity contribution in [2.24, 2.45) is 5.92 Å². The highest BCUT2D eigenvalue weighted by Crippen LogP contribution is 2.33. The molecule has 0 bridgehead atoms. The molecule has 0 saturated carbocycles. The second-order valence-corrected chi connectivity index (χ2v) is 6.29. The molecule has 0 aliphatic carbocycles. The first kappa shape index (κ1) is 16.3. The number of ether oxygens (including phenoxy) is 1. The van der Waals surface area contributed by atoms with Crippen molar-refractivity contribution >= 4 is 29.3 Å². The SMILES string of the molecule is Cl.O=C(OC[C@@H]1CCN2CCC[C@@H]12)c1c[nH]c2ccc(F)cc12. The molecule has 2 aliphatic heterocycles. The Morgan fingerprint density at radius 3 is 3.09 bits per heavy atom. The van der Waals surface area contributed by atoms with Crippen LogP contribution in [0.1, 0.15) is 29.6 Å². The molecule has 1 N–H and O–H groups in total. The number of aromatic amines is 1. The molecule has 2 fully saturated rings. The van der Waals surface area contributed by atoms with Crippen LogP contribution in [0.5, 0.6) is 0 Å². The van der Waals surface area contributed by atoms with E-state index in [-0.39, 0.29) is 24.2 Å². The second kappa shape index (κ2) is 6.49. The van der Waals surface area contributed by atoms with E-state index in [1.54, 1.807) is 12.3 Å². The smallest absolute Gasteiger partial charge is 0.340 e. The molecule has 2 aromatic rings. The lowest BCUT2D eigenvalue weighted by molar-refractivity contribution is 0.0421. The van der Waals surface area contributed by atoms with Crippen molar-refractivity contribution in [1.82, 2.24) is 9.88 Å². The largest absolute Gasteiger partial charge is 0.462 e. The molecule has 2 aliphatic rings. The molecule has 0 radical (unpaired) electrons. The van der Waals surface area contributed by atoms with Crippen molar-refractivity contribution in [3.63, 3.8) is 0 Å². The lowest BCUT2D eigenvalue weighted by atomic mass is 9.99. The first-order valence-corrected chi connectivity index (χ1v) is 7.90. The number of H-pyrrole nitrogens is 1. The summed E-state index contributed by atoms with van der Waals surface area (Å²) in [6.45, 7) is 2.75. The standard InChI is InChI=1S/C17H19FN2O2.ClH/c18-12-3-4-15-13(8-12)14(9-19-15)17(21)22-10-11-5-7-20-6-1-2-16(11)20;/h3-4,8-9,11,16,19H,1-2,5-7,10H2;1H/t11-,16-;/m0./s1. The van der Waals surface area contributed by atoms with E-state index in [0.717, 1.165) is 18.5 Å². The number of rotatable bonds is 3. The molecule has 4 nitrogen and oxygen atoms in total. The van der Waals surface area contributed by atoms with Crippen LogP contribution < -0.4 is 0 Å². The minimum absolute atomic E-state index is 0. The van der Waals surface area contributed by atoms with Crippen LogP contribution in [0, 0.1) is 11.7 Å². The van der Waals surface area contributed by atoms with Crippen molar-refractivity contribution in [2.45, 2.75) is 25.3 Å². The molecule has 0 spiro atoms. The number of aromatic nitrogens is 1. The zero-order valence-corrected chi connectivity index (χ0v) is 13.6. The maximum atomic E-state index is 13.4. The van der Waals surface area contributed by atoms with Crippen LogP contribution in [0.25, 0.3) is 10.9 Å². The summed E-state index contributed by atoms with van der Waals surface area (Å²) in [6, 6.07) is 4.96. The Bertz CT molecular complexity index is 718. The summed E-state index contributed by atoms with van der Waals surface area (Å²) in [5.74, 6) is -0.278. The minimum atomic E-state index is -0.367. The predicted octanol–water partition coefficient (Wildman–Crippen LogP) is 3.37. The van der Waals surface area contributed by atoms with Crippen LogP contribution in [0.2, 0.25) is 0 Å². The molecule has 3 heterocycles. The van der Waals surface area contributed by atoms with Gasteiger partial charge in [0.25, 0.3) is 0 Å². The van der Waals surface area contributed by atoms with Gasteiger partial charge >= 0.3 is 5.97 Å². The number of hydrogen-bond acceptors (Lipinski definition) is 3. The summed E-state index contributed by atoms with van der Waals surface area (Å²) in [4.78, 5) is 17.8. The Kier molecular flexibility index (Phi) is 4.60. The van der Waals surface area contributed by atoms with Gasteiger partial charge in [-0.1, -0.05) is 0 Å². The molecular formula is C17H20ClFN2O2. The molecule has 2 atom stereocenters. The van der Waals surface area contributed by atoms with E-state index in [4.69, 9.17) is 4.74 Å². The van der Waals surface area contributed by atoms with Crippen molar-refractivity contribution in [2.75, 3.05) is 19.7 Å². The summed E-state index contributed by atoms with van der Waals surface area (Å²) in [5, 5.41) is 0.582. The second-order valence-electron chi connectivity index (χ2n) is 6.29. The molecule has 1 aromatic heterocycles. The number of nitrogens with one attached hydrogen (secondary N) is 1. The van der Waals surface area contributed by atoms with Crippen LogP contribution >= 0.6 is 12.4 Å². The topological polar surface area (TPSA) is 45.3 Å². The molecule has 0 unspecified atom stereocenters. The van der Waals surface area contributed by atoms with Gasteiger partial charge in [-0.15, -0.1) is 12.4 Å². The van der Waals surface area contributed by atoms with Gasteiger partial charge in [-0.05, 0) is 50.6 Å². The Morgan fingerprint density at radius 2 is 2.22 bits per heavy atom. The van der Waals surface area contributed by atoms with Gasteiger partial charge in [0, 0.05) is 29.1 Å². The highest BCUT2D eigenvalue weighted by atomic mass is 35.5. The molecule has 23 heavy (non-hydrogen) atoms. The van der Waals surface area contributed by atoms with E-state index in [0.29, 0.717) is 29.5 Å². The lowest BCUT2D eigenvalue weighted by Gasteiger charge is -2.19. The number of benzene rings is 1. The predicted molar refractivity (Wildman–Crippen MR) is 88.5 cm³/mol. The maximum Gasteiger partial charge on any atom is 0.340 e. The summed E-state index contributed by atoms with van der Waals surface area (Å²) in [6.07, 6.45) is 5.15. The quantitative estimate of drug-likeness (QED) is 0.873. The average Bonchev–Trinajstić information content (AvgIpc) is 3.20. The third-order valence-corrected chi connectivity index (χ3v) is 5.04. The van der Waals surface area contributed by atoms with Gasteiger partial charge in [0.2, 0.25) is 0 Å².